The van der Waals surface area contributed by atoms with Gasteiger partial charge in [0.1, 0.15) is 0 Å². The highest BCUT2D eigenvalue weighted by Gasteiger charge is 2.28. The summed E-state index contributed by atoms with van der Waals surface area (Å²) in [5, 5.41) is 3.07. The molecule has 0 spiro atoms. The van der Waals surface area contributed by atoms with Crippen molar-refractivity contribution in [2.45, 2.75) is 36.7 Å². The lowest BCUT2D eigenvalue weighted by molar-refractivity contribution is 0.0937. The van der Waals surface area contributed by atoms with Crippen molar-refractivity contribution in [1.29, 1.82) is 0 Å². The van der Waals surface area contributed by atoms with Crippen molar-refractivity contribution in [1.82, 2.24) is 14.5 Å². The average molecular weight is 414 g/mol. The molecule has 1 unspecified atom stereocenters. The van der Waals surface area contributed by atoms with E-state index in [2.05, 4.69) is 22.3 Å². The Balaban J connectivity index is 1.38. The molecule has 154 valence electrons. The summed E-state index contributed by atoms with van der Waals surface area (Å²) >= 11 is 0. The lowest BCUT2D eigenvalue weighted by atomic mass is 10.2. The predicted molar refractivity (Wildman–Crippen MR) is 112 cm³/mol. The van der Waals surface area contributed by atoms with Gasteiger partial charge in [0.15, 0.2) is 0 Å². The Kier molecular flexibility index (Phi) is 5.99. The fraction of sp³-hybridized carbons (Fsp3) is 0.409. The molecule has 1 amide bonds. The molecule has 0 aliphatic carbocycles. The van der Waals surface area contributed by atoms with Crippen LogP contribution in [0.15, 0.2) is 59.5 Å². The summed E-state index contributed by atoms with van der Waals surface area (Å²) < 4.78 is 27.0. The van der Waals surface area contributed by atoms with Gasteiger partial charge in [-0.1, -0.05) is 36.4 Å². The van der Waals surface area contributed by atoms with Crippen LogP contribution >= 0.6 is 0 Å². The van der Waals surface area contributed by atoms with Crippen molar-refractivity contribution >= 4 is 15.9 Å². The van der Waals surface area contributed by atoms with Gasteiger partial charge in [-0.2, -0.15) is 4.31 Å². The van der Waals surface area contributed by atoms with E-state index in [-0.39, 0.29) is 16.8 Å². The first-order chi connectivity index (χ1) is 14.0. The molecule has 2 aliphatic heterocycles. The Morgan fingerprint density at radius 2 is 1.76 bits per heavy atom. The number of carbonyl (C=O) groups excluding carboxylic acids is 1. The van der Waals surface area contributed by atoms with Gasteiger partial charge in [0.25, 0.3) is 5.91 Å². The van der Waals surface area contributed by atoms with E-state index in [4.69, 9.17) is 0 Å². The summed E-state index contributed by atoms with van der Waals surface area (Å²) in [5.74, 6) is -0.213. The third kappa shape index (κ3) is 4.69. The lowest BCUT2D eigenvalue weighted by Gasteiger charge is -2.18. The zero-order chi connectivity index (χ0) is 20.3. The van der Waals surface area contributed by atoms with Gasteiger partial charge in [0.2, 0.25) is 10.0 Å². The maximum atomic E-state index is 12.8. The van der Waals surface area contributed by atoms with Crippen LogP contribution in [-0.2, 0) is 16.6 Å². The van der Waals surface area contributed by atoms with E-state index in [1.54, 1.807) is 18.2 Å². The van der Waals surface area contributed by atoms with E-state index in [9.17, 15) is 13.2 Å². The third-order valence-electron chi connectivity index (χ3n) is 5.66. The normalized spacial score (nSPS) is 20.8. The summed E-state index contributed by atoms with van der Waals surface area (Å²) in [4.78, 5) is 15.3. The molecule has 1 N–H and O–H groups in total. The minimum Gasteiger partial charge on any atom is -0.348 e. The highest BCUT2D eigenvalue weighted by molar-refractivity contribution is 7.89. The van der Waals surface area contributed by atoms with E-state index >= 15 is 0 Å². The van der Waals surface area contributed by atoms with Crippen LogP contribution in [-0.4, -0.2) is 55.8 Å². The average Bonchev–Trinajstić information content (AvgIpc) is 3.42. The Labute approximate surface area is 172 Å². The first kappa shape index (κ1) is 20.1. The predicted octanol–water partition coefficient (Wildman–Crippen LogP) is 2.48. The van der Waals surface area contributed by atoms with Crippen LogP contribution in [0, 0.1) is 0 Å². The minimum absolute atomic E-state index is 0.0741. The molecular weight excluding hydrogens is 386 g/mol. The lowest BCUT2D eigenvalue weighted by Crippen LogP contribution is -2.37. The van der Waals surface area contributed by atoms with Gasteiger partial charge < -0.3 is 5.32 Å². The topological polar surface area (TPSA) is 69.7 Å². The van der Waals surface area contributed by atoms with E-state index < -0.39 is 10.0 Å². The Morgan fingerprint density at radius 3 is 2.52 bits per heavy atom. The second-order valence-corrected chi connectivity index (χ2v) is 9.76. The molecule has 29 heavy (non-hydrogen) atoms. The third-order valence-corrected chi connectivity index (χ3v) is 7.55. The van der Waals surface area contributed by atoms with Gasteiger partial charge in [0.05, 0.1) is 4.90 Å². The van der Waals surface area contributed by atoms with Crippen LogP contribution in [0.5, 0.6) is 0 Å². The SMILES string of the molecule is O=C(NC1CCN(Cc2ccccc2)C1)c1cccc(S(=O)(=O)N2CCCC2)c1. The summed E-state index contributed by atoms with van der Waals surface area (Å²) in [6.45, 7) is 3.71. The van der Waals surface area contributed by atoms with Crippen LogP contribution in [0.25, 0.3) is 0 Å². The van der Waals surface area contributed by atoms with Crippen LogP contribution in [0.1, 0.15) is 35.2 Å². The number of hydrogen-bond acceptors (Lipinski definition) is 4. The molecule has 0 bridgehead atoms. The Bertz CT molecular complexity index is 956. The van der Waals surface area contributed by atoms with Crippen LogP contribution in [0.2, 0.25) is 0 Å². The molecule has 0 radical (unpaired) electrons. The first-order valence-electron chi connectivity index (χ1n) is 10.2. The largest absolute Gasteiger partial charge is 0.348 e. The fourth-order valence-corrected chi connectivity index (χ4v) is 5.64. The van der Waals surface area contributed by atoms with Gasteiger partial charge in [-0.3, -0.25) is 9.69 Å². The maximum Gasteiger partial charge on any atom is 0.251 e. The van der Waals surface area contributed by atoms with Crippen molar-refractivity contribution < 1.29 is 13.2 Å². The standard InChI is InChI=1S/C22H27N3O3S/c26-22(23-20-11-14-24(17-20)16-18-7-2-1-3-8-18)19-9-6-10-21(15-19)29(27,28)25-12-4-5-13-25/h1-3,6-10,15,20H,4-5,11-14,16-17H2,(H,23,26). The van der Waals surface area contributed by atoms with E-state index in [1.165, 1.54) is 15.9 Å². The molecule has 2 aromatic rings. The summed E-state index contributed by atoms with van der Waals surface area (Å²) in [6.07, 6.45) is 2.67. The van der Waals surface area contributed by atoms with Crippen molar-refractivity contribution in [2.75, 3.05) is 26.2 Å². The van der Waals surface area contributed by atoms with E-state index in [1.807, 2.05) is 18.2 Å². The summed E-state index contributed by atoms with van der Waals surface area (Å²) in [7, 11) is -3.52. The number of nitrogens with zero attached hydrogens (tertiary/aromatic N) is 2. The number of hydrogen-bond donors (Lipinski definition) is 1. The number of sulfonamides is 1. The fourth-order valence-electron chi connectivity index (χ4n) is 4.08. The molecule has 2 saturated heterocycles. The smallest absolute Gasteiger partial charge is 0.251 e. The summed E-state index contributed by atoms with van der Waals surface area (Å²) in [5.41, 5.74) is 1.66. The van der Waals surface area contributed by atoms with Crippen molar-refractivity contribution in [2.24, 2.45) is 0 Å². The number of likely N-dealkylation sites (tertiary alicyclic amines) is 1. The molecule has 6 nitrogen and oxygen atoms in total. The van der Waals surface area contributed by atoms with Crippen molar-refractivity contribution in [3.8, 4) is 0 Å². The molecule has 2 heterocycles. The molecular formula is C22H27N3O3S. The summed E-state index contributed by atoms with van der Waals surface area (Å²) in [6, 6.07) is 16.8. The highest BCUT2D eigenvalue weighted by Crippen LogP contribution is 2.22. The Hall–Kier alpha value is -2.22. The zero-order valence-corrected chi connectivity index (χ0v) is 17.3. The maximum absolute atomic E-state index is 12.8. The number of amides is 1. The van der Waals surface area contributed by atoms with Crippen LogP contribution in [0.3, 0.4) is 0 Å². The molecule has 0 saturated carbocycles. The second kappa shape index (κ2) is 8.65. The number of rotatable bonds is 6. The van der Waals surface area contributed by atoms with Crippen molar-refractivity contribution in [3.63, 3.8) is 0 Å². The first-order valence-corrected chi connectivity index (χ1v) is 11.6. The monoisotopic (exact) mass is 413 g/mol. The molecule has 2 aliphatic rings. The highest BCUT2D eigenvalue weighted by atomic mass is 32.2. The number of carbonyl (C=O) groups is 1. The van der Waals surface area contributed by atoms with Gasteiger partial charge in [0, 0.05) is 44.3 Å². The molecule has 0 aromatic heterocycles. The van der Waals surface area contributed by atoms with Gasteiger partial charge in [-0.15, -0.1) is 0 Å². The Morgan fingerprint density at radius 1 is 1.00 bits per heavy atom. The number of benzene rings is 2. The minimum atomic E-state index is -3.52. The molecule has 7 heteroatoms. The van der Waals surface area contributed by atoms with Crippen LogP contribution < -0.4 is 5.32 Å². The zero-order valence-electron chi connectivity index (χ0n) is 16.5. The number of nitrogens with one attached hydrogen (secondary N) is 1. The van der Waals surface area contributed by atoms with Gasteiger partial charge in [-0.05, 0) is 43.0 Å². The van der Waals surface area contributed by atoms with E-state index in [0.29, 0.717) is 18.7 Å². The molecule has 2 fully saturated rings. The van der Waals surface area contributed by atoms with E-state index in [0.717, 1.165) is 38.9 Å². The quantitative estimate of drug-likeness (QED) is 0.790. The molecule has 4 rings (SSSR count). The molecule has 1 atom stereocenters. The van der Waals surface area contributed by atoms with Crippen molar-refractivity contribution in [3.05, 3.63) is 65.7 Å². The van der Waals surface area contributed by atoms with Gasteiger partial charge >= 0.3 is 0 Å². The van der Waals surface area contributed by atoms with Gasteiger partial charge in [-0.25, -0.2) is 8.42 Å². The second-order valence-electron chi connectivity index (χ2n) is 7.82. The molecule has 2 aromatic carbocycles. The van der Waals surface area contributed by atoms with Crippen LogP contribution in [0.4, 0.5) is 0 Å².